The highest BCUT2D eigenvalue weighted by Crippen LogP contribution is 2.21. The van der Waals surface area contributed by atoms with Gasteiger partial charge in [-0.3, -0.25) is 4.79 Å². The Morgan fingerprint density at radius 2 is 2.32 bits per heavy atom. The highest BCUT2D eigenvalue weighted by atomic mass is 19.1. The van der Waals surface area contributed by atoms with Crippen LogP contribution in [0.2, 0.25) is 0 Å². The number of aryl methyl sites for hydroxylation is 1. The molecule has 1 aliphatic carbocycles. The lowest BCUT2D eigenvalue weighted by molar-refractivity contribution is -0.120. The number of nitrogens with two attached hydrogens (primary N) is 1. The van der Waals surface area contributed by atoms with Gasteiger partial charge in [0.1, 0.15) is 0 Å². The van der Waals surface area contributed by atoms with Gasteiger partial charge in [-0.15, -0.1) is 0 Å². The Morgan fingerprint density at radius 1 is 1.58 bits per heavy atom. The molecule has 0 aromatic heterocycles. The van der Waals surface area contributed by atoms with Crippen LogP contribution in [0.25, 0.3) is 0 Å². The van der Waals surface area contributed by atoms with Crippen LogP contribution in [-0.2, 0) is 4.79 Å². The van der Waals surface area contributed by atoms with Gasteiger partial charge in [0, 0.05) is 12.5 Å². The number of hydrogen-bond donors (Lipinski definition) is 2. The first-order valence-corrected chi connectivity index (χ1v) is 6.51. The fraction of sp³-hybridized carbons (Fsp3) is 0.500. The smallest absolute Gasteiger partial charge is 0.234 e. The normalized spacial score (nSPS) is 16.1. The lowest BCUT2D eigenvalue weighted by atomic mass is 10.2. The maximum Gasteiger partial charge on any atom is 0.234 e. The minimum Gasteiger partial charge on any atom is -0.490 e. The SMILES string of the molecule is Cc1cccc(OCCC(NC2CC2)C(N)=O)c1F. The molecule has 0 heterocycles. The standard InChI is InChI=1S/C14H19FN2O2/c1-9-3-2-4-12(13(9)15)19-8-7-11(14(16)18)17-10-5-6-10/h2-4,10-11,17H,5-8H2,1H3,(H2,16,18). The molecule has 1 fully saturated rings. The van der Waals surface area contributed by atoms with E-state index in [1.54, 1.807) is 25.1 Å². The Morgan fingerprint density at radius 3 is 2.95 bits per heavy atom. The van der Waals surface area contributed by atoms with Crippen LogP contribution < -0.4 is 15.8 Å². The van der Waals surface area contributed by atoms with Crippen LogP contribution in [-0.4, -0.2) is 24.6 Å². The maximum atomic E-state index is 13.7. The molecule has 3 N–H and O–H groups in total. The molecule has 1 aromatic rings. The largest absolute Gasteiger partial charge is 0.490 e. The molecule has 0 bridgehead atoms. The van der Waals surface area contributed by atoms with Crippen LogP contribution in [0.4, 0.5) is 4.39 Å². The van der Waals surface area contributed by atoms with Crippen LogP contribution >= 0.6 is 0 Å². The van der Waals surface area contributed by atoms with Crippen molar-refractivity contribution in [3.63, 3.8) is 0 Å². The molecule has 4 nitrogen and oxygen atoms in total. The van der Waals surface area contributed by atoms with Crippen molar-refractivity contribution in [1.29, 1.82) is 0 Å². The molecule has 1 unspecified atom stereocenters. The van der Waals surface area contributed by atoms with Crippen LogP contribution in [0.3, 0.4) is 0 Å². The van der Waals surface area contributed by atoms with E-state index < -0.39 is 6.04 Å². The van der Waals surface area contributed by atoms with E-state index in [2.05, 4.69) is 5.32 Å². The van der Waals surface area contributed by atoms with Crippen molar-refractivity contribution in [1.82, 2.24) is 5.32 Å². The zero-order valence-electron chi connectivity index (χ0n) is 11.0. The van der Waals surface area contributed by atoms with Gasteiger partial charge in [-0.05, 0) is 31.4 Å². The van der Waals surface area contributed by atoms with E-state index in [9.17, 15) is 9.18 Å². The van der Waals surface area contributed by atoms with E-state index in [0.29, 0.717) is 18.0 Å². The summed E-state index contributed by atoms with van der Waals surface area (Å²) in [5, 5.41) is 3.15. The summed E-state index contributed by atoms with van der Waals surface area (Å²) < 4.78 is 19.0. The van der Waals surface area contributed by atoms with Crippen molar-refractivity contribution < 1.29 is 13.9 Å². The van der Waals surface area contributed by atoms with E-state index in [1.165, 1.54) is 0 Å². The molecule has 5 heteroatoms. The van der Waals surface area contributed by atoms with Gasteiger partial charge >= 0.3 is 0 Å². The molecule has 104 valence electrons. The number of ether oxygens (including phenoxy) is 1. The van der Waals surface area contributed by atoms with Gasteiger partial charge in [0.25, 0.3) is 0 Å². The van der Waals surface area contributed by atoms with E-state index in [1.807, 2.05) is 0 Å². The number of rotatable bonds is 7. The first-order valence-electron chi connectivity index (χ1n) is 6.51. The van der Waals surface area contributed by atoms with Gasteiger partial charge in [0.2, 0.25) is 5.91 Å². The summed E-state index contributed by atoms with van der Waals surface area (Å²) in [6.45, 7) is 1.94. The van der Waals surface area contributed by atoms with Crippen LogP contribution in [0.15, 0.2) is 18.2 Å². The summed E-state index contributed by atoms with van der Waals surface area (Å²) >= 11 is 0. The number of carbonyl (C=O) groups is 1. The third kappa shape index (κ3) is 3.92. The minimum absolute atomic E-state index is 0.217. The Labute approximate surface area is 112 Å². The number of halogens is 1. The summed E-state index contributed by atoms with van der Waals surface area (Å²) in [5.74, 6) is -0.525. The lowest BCUT2D eigenvalue weighted by Crippen LogP contribution is -2.43. The quantitative estimate of drug-likeness (QED) is 0.786. The second-order valence-electron chi connectivity index (χ2n) is 4.92. The molecule has 19 heavy (non-hydrogen) atoms. The Balaban J connectivity index is 1.83. The molecule has 1 amide bonds. The van der Waals surface area contributed by atoms with Gasteiger partial charge in [-0.2, -0.15) is 0 Å². The minimum atomic E-state index is -0.402. The van der Waals surface area contributed by atoms with Crippen molar-refractivity contribution in [2.45, 2.75) is 38.3 Å². The van der Waals surface area contributed by atoms with E-state index in [4.69, 9.17) is 10.5 Å². The Kier molecular flexibility index (Phi) is 4.37. The van der Waals surface area contributed by atoms with Crippen LogP contribution in [0.5, 0.6) is 5.75 Å². The number of primary amides is 1. The van der Waals surface area contributed by atoms with Gasteiger partial charge < -0.3 is 15.8 Å². The fourth-order valence-corrected chi connectivity index (χ4v) is 1.86. The highest BCUT2D eigenvalue weighted by Gasteiger charge is 2.27. The highest BCUT2D eigenvalue weighted by molar-refractivity contribution is 5.79. The van der Waals surface area contributed by atoms with Crippen LogP contribution in [0.1, 0.15) is 24.8 Å². The number of benzene rings is 1. The summed E-state index contributed by atoms with van der Waals surface area (Å²) in [7, 11) is 0. The molecule has 1 saturated carbocycles. The monoisotopic (exact) mass is 266 g/mol. The number of nitrogens with one attached hydrogen (secondary N) is 1. The van der Waals surface area contributed by atoms with Crippen LogP contribution in [0, 0.1) is 12.7 Å². The third-order valence-corrected chi connectivity index (χ3v) is 3.18. The summed E-state index contributed by atoms with van der Waals surface area (Å²) in [6, 6.07) is 4.99. The van der Waals surface area contributed by atoms with E-state index >= 15 is 0 Å². The maximum absolute atomic E-state index is 13.7. The molecule has 1 atom stereocenters. The Hall–Kier alpha value is -1.62. The number of hydrogen-bond acceptors (Lipinski definition) is 3. The van der Waals surface area contributed by atoms with Gasteiger partial charge in [0.15, 0.2) is 11.6 Å². The zero-order chi connectivity index (χ0) is 13.8. The predicted molar refractivity (Wildman–Crippen MR) is 70.4 cm³/mol. The molecular weight excluding hydrogens is 247 g/mol. The molecular formula is C14H19FN2O2. The average Bonchev–Trinajstić information content (AvgIpc) is 3.17. The lowest BCUT2D eigenvalue weighted by Gasteiger charge is -2.15. The molecule has 1 aromatic carbocycles. The Bertz CT molecular complexity index is 461. The molecule has 0 radical (unpaired) electrons. The fourth-order valence-electron chi connectivity index (χ4n) is 1.86. The van der Waals surface area contributed by atoms with Crippen molar-refractivity contribution in [3.8, 4) is 5.75 Å². The second kappa shape index (κ2) is 6.02. The van der Waals surface area contributed by atoms with Gasteiger partial charge in [-0.25, -0.2) is 4.39 Å². The summed E-state index contributed by atoms with van der Waals surface area (Å²) in [5.41, 5.74) is 5.86. The average molecular weight is 266 g/mol. The molecule has 0 aliphatic heterocycles. The second-order valence-corrected chi connectivity index (χ2v) is 4.92. The van der Waals surface area contributed by atoms with Crippen molar-refractivity contribution in [2.24, 2.45) is 5.73 Å². The zero-order valence-corrected chi connectivity index (χ0v) is 11.0. The first kappa shape index (κ1) is 13.8. The van der Waals surface area contributed by atoms with Crippen molar-refractivity contribution >= 4 is 5.91 Å². The van der Waals surface area contributed by atoms with Gasteiger partial charge in [-0.1, -0.05) is 12.1 Å². The van der Waals surface area contributed by atoms with E-state index in [-0.39, 0.29) is 24.1 Å². The number of carbonyl (C=O) groups excluding carboxylic acids is 1. The van der Waals surface area contributed by atoms with Crippen molar-refractivity contribution in [2.75, 3.05) is 6.61 Å². The molecule has 2 rings (SSSR count). The number of amides is 1. The molecule has 0 spiro atoms. The summed E-state index contributed by atoms with van der Waals surface area (Å²) in [4.78, 5) is 11.3. The molecule has 1 aliphatic rings. The van der Waals surface area contributed by atoms with Crippen molar-refractivity contribution in [3.05, 3.63) is 29.6 Å². The topological polar surface area (TPSA) is 64.3 Å². The summed E-state index contributed by atoms with van der Waals surface area (Å²) in [6.07, 6.45) is 2.60. The third-order valence-electron chi connectivity index (χ3n) is 3.18. The molecule has 0 saturated heterocycles. The first-order chi connectivity index (χ1) is 9.08. The predicted octanol–water partition coefficient (Wildman–Crippen LogP) is 1.51. The van der Waals surface area contributed by atoms with E-state index in [0.717, 1.165) is 12.8 Å². The van der Waals surface area contributed by atoms with Gasteiger partial charge in [0.05, 0.1) is 12.6 Å².